The number of aliphatic hydroxyl groups is 1. The van der Waals surface area contributed by atoms with Crippen molar-refractivity contribution in [1.29, 1.82) is 0 Å². The minimum absolute atomic E-state index is 0.000801. The predicted molar refractivity (Wildman–Crippen MR) is 209 cm³/mol. The summed E-state index contributed by atoms with van der Waals surface area (Å²) in [5, 5.41) is 7.57. The molecular formula is C46H42N2O5. The van der Waals surface area contributed by atoms with Gasteiger partial charge in [-0.3, -0.25) is 19.6 Å². The molecule has 0 amide bonds. The van der Waals surface area contributed by atoms with E-state index in [4.69, 9.17) is 14.6 Å². The first-order valence-corrected chi connectivity index (χ1v) is 17.7. The number of aryl methyl sites for hydroxylation is 2. The number of Topliss-reactive ketones (excluding diaryl/α,β-unsaturated/α-hetero) is 2. The largest absolute Gasteiger partial charge is 0.492 e. The lowest BCUT2D eigenvalue weighted by molar-refractivity contribution is 0.0829. The van der Waals surface area contributed by atoms with Crippen molar-refractivity contribution in [3.8, 4) is 33.8 Å². The Kier molecular flexibility index (Phi) is 12.0. The van der Waals surface area contributed by atoms with Crippen LogP contribution in [-0.2, 0) is 6.42 Å². The summed E-state index contributed by atoms with van der Waals surface area (Å²) in [5.74, 6) is 1.27. The smallest absolute Gasteiger partial charge is 0.196 e. The third-order valence-corrected chi connectivity index (χ3v) is 8.92. The Morgan fingerprint density at radius 2 is 1.23 bits per heavy atom. The van der Waals surface area contributed by atoms with E-state index in [1.165, 1.54) is 11.1 Å². The second-order valence-electron chi connectivity index (χ2n) is 12.9. The predicted octanol–water partition coefficient (Wildman–Crippen LogP) is 9.21. The molecule has 2 aromatic heterocycles. The molecule has 0 fully saturated rings. The maximum Gasteiger partial charge on any atom is 0.196 e. The summed E-state index contributed by atoms with van der Waals surface area (Å²) >= 11 is 0. The number of pyridine rings is 2. The number of aliphatic hydroxyl groups excluding tert-OH is 1. The Morgan fingerprint density at radius 1 is 0.679 bits per heavy atom. The van der Waals surface area contributed by atoms with Gasteiger partial charge in [-0.25, -0.2) is 0 Å². The van der Waals surface area contributed by atoms with Crippen LogP contribution in [0.1, 0.15) is 50.2 Å². The molecule has 0 spiro atoms. The quantitative estimate of drug-likeness (QED) is 0.179. The first-order chi connectivity index (χ1) is 25.8. The number of carbonyl (C=O) groups is 2. The highest BCUT2D eigenvalue weighted by Gasteiger charge is 2.30. The average molecular weight is 703 g/mol. The van der Waals surface area contributed by atoms with Crippen molar-refractivity contribution < 1.29 is 24.2 Å². The topological polar surface area (TPSA) is 98.6 Å². The molecule has 1 atom stereocenters. The second kappa shape index (κ2) is 17.4. The lowest BCUT2D eigenvalue weighted by atomic mass is 9.89. The summed E-state index contributed by atoms with van der Waals surface area (Å²) in [7, 11) is 0. The fourth-order valence-electron chi connectivity index (χ4n) is 6.08. The van der Waals surface area contributed by atoms with E-state index in [1.807, 2.05) is 72.8 Å². The molecule has 0 radical (unpaired) electrons. The lowest BCUT2D eigenvalue weighted by Gasteiger charge is -2.24. The van der Waals surface area contributed by atoms with Gasteiger partial charge in [0.2, 0.25) is 0 Å². The van der Waals surface area contributed by atoms with Crippen LogP contribution in [0.15, 0.2) is 139 Å². The van der Waals surface area contributed by atoms with Crippen LogP contribution in [0.5, 0.6) is 11.5 Å². The lowest BCUT2D eigenvalue weighted by Crippen LogP contribution is -2.29. The van der Waals surface area contributed by atoms with Gasteiger partial charge in [0.05, 0.1) is 29.3 Å². The van der Waals surface area contributed by atoms with Crippen molar-refractivity contribution in [2.45, 2.75) is 27.2 Å². The minimum Gasteiger partial charge on any atom is -0.492 e. The van der Waals surface area contributed by atoms with E-state index < -0.39 is 0 Å². The zero-order valence-electron chi connectivity index (χ0n) is 30.2. The summed E-state index contributed by atoms with van der Waals surface area (Å²) in [4.78, 5) is 34.4. The third-order valence-electron chi connectivity index (χ3n) is 8.92. The van der Waals surface area contributed by atoms with E-state index >= 15 is 0 Å². The Hall–Kier alpha value is -6.18. The average Bonchev–Trinajstić information content (AvgIpc) is 3.19. The third kappa shape index (κ3) is 9.19. The monoisotopic (exact) mass is 702 g/mol. The molecule has 7 nitrogen and oxygen atoms in total. The van der Waals surface area contributed by atoms with Crippen LogP contribution in [0.4, 0.5) is 0 Å². The van der Waals surface area contributed by atoms with Crippen molar-refractivity contribution in [3.63, 3.8) is 0 Å². The van der Waals surface area contributed by atoms with Gasteiger partial charge in [-0.05, 0) is 97.6 Å². The number of hydrogen-bond donors (Lipinski definition) is 1. The van der Waals surface area contributed by atoms with Gasteiger partial charge in [-0.2, -0.15) is 0 Å². The van der Waals surface area contributed by atoms with E-state index in [9.17, 15) is 9.59 Å². The van der Waals surface area contributed by atoms with Gasteiger partial charge < -0.3 is 14.6 Å². The SMILES string of the molecule is CCO.Cc1ccc(-c2ccc3c(c2)C(=O)/C(=C/c2ccccn2)CO3)cc1.Cc1ccc(-c2ccc3c(c2)C(=O)C(Cc2ccccn2)CO3)cc1. The minimum atomic E-state index is -0.185. The maximum atomic E-state index is 13.0. The molecule has 4 heterocycles. The Morgan fingerprint density at radius 3 is 1.79 bits per heavy atom. The van der Waals surface area contributed by atoms with Crippen molar-refractivity contribution in [3.05, 3.63) is 173 Å². The van der Waals surface area contributed by atoms with Crippen LogP contribution in [0.25, 0.3) is 28.3 Å². The van der Waals surface area contributed by atoms with E-state index in [1.54, 1.807) is 25.4 Å². The standard InChI is InChI=1S/C22H19NO2.C22H17NO2.C2H6O/c2*1-15-5-7-16(8-6-15)17-9-10-21-20(13-17)22(24)18(14-25-21)12-19-4-2-3-11-23-19;1-2-3/h2-11,13,18H,12,14H2,1H3;2-13H,14H2,1H3;3H,2H2,1H3/b;18-12+;. The van der Waals surface area contributed by atoms with Gasteiger partial charge in [-0.15, -0.1) is 0 Å². The van der Waals surface area contributed by atoms with Crippen molar-refractivity contribution >= 4 is 17.6 Å². The Balaban J connectivity index is 0.000000169. The van der Waals surface area contributed by atoms with E-state index in [0.29, 0.717) is 41.2 Å². The molecule has 0 bridgehead atoms. The molecule has 7 heteroatoms. The summed E-state index contributed by atoms with van der Waals surface area (Å²) in [6, 6.07) is 39.6. The number of aromatic nitrogens is 2. The molecule has 8 rings (SSSR count). The number of nitrogens with zero attached hydrogens (tertiary/aromatic N) is 2. The highest BCUT2D eigenvalue weighted by molar-refractivity contribution is 6.14. The number of ether oxygens (including phenoxy) is 2. The molecular weight excluding hydrogens is 661 g/mol. The van der Waals surface area contributed by atoms with Gasteiger partial charge in [0.15, 0.2) is 11.6 Å². The van der Waals surface area contributed by atoms with Crippen LogP contribution >= 0.6 is 0 Å². The molecule has 2 aliphatic heterocycles. The summed E-state index contributed by atoms with van der Waals surface area (Å²) in [5.41, 5.74) is 10.2. The van der Waals surface area contributed by atoms with Crippen LogP contribution in [0.3, 0.4) is 0 Å². The fraction of sp³-hybridized carbons (Fsp3) is 0.174. The number of benzene rings is 4. The molecule has 0 aliphatic carbocycles. The van der Waals surface area contributed by atoms with Gasteiger partial charge in [0, 0.05) is 36.7 Å². The molecule has 1 unspecified atom stereocenters. The van der Waals surface area contributed by atoms with Crippen LogP contribution in [0, 0.1) is 19.8 Å². The molecule has 2 aliphatic rings. The summed E-state index contributed by atoms with van der Waals surface area (Å²) < 4.78 is 11.6. The van der Waals surface area contributed by atoms with Crippen LogP contribution in [0.2, 0.25) is 0 Å². The van der Waals surface area contributed by atoms with Gasteiger partial charge in [-0.1, -0.05) is 83.9 Å². The molecule has 1 N–H and O–H groups in total. The maximum absolute atomic E-state index is 13.0. The number of ketones is 2. The first-order valence-electron chi connectivity index (χ1n) is 17.7. The number of fused-ring (bicyclic) bond motifs is 2. The molecule has 0 saturated heterocycles. The van der Waals surface area contributed by atoms with Crippen molar-refractivity contribution in [2.75, 3.05) is 19.8 Å². The van der Waals surface area contributed by atoms with Crippen molar-refractivity contribution in [1.82, 2.24) is 9.97 Å². The number of hydrogen-bond acceptors (Lipinski definition) is 7. The number of rotatable bonds is 5. The van der Waals surface area contributed by atoms with Gasteiger partial charge in [0.25, 0.3) is 0 Å². The van der Waals surface area contributed by atoms with E-state index in [0.717, 1.165) is 33.6 Å². The zero-order valence-corrected chi connectivity index (χ0v) is 30.2. The molecule has 53 heavy (non-hydrogen) atoms. The zero-order chi connectivity index (χ0) is 37.2. The highest BCUT2D eigenvalue weighted by Crippen LogP contribution is 2.34. The Labute approximate surface area is 310 Å². The molecule has 266 valence electrons. The normalized spacial score (nSPS) is 15.0. The summed E-state index contributed by atoms with van der Waals surface area (Å²) in [6.45, 7) is 6.73. The van der Waals surface area contributed by atoms with Gasteiger partial charge in [0.1, 0.15) is 18.1 Å². The van der Waals surface area contributed by atoms with E-state index in [2.05, 4.69) is 72.3 Å². The second-order valence-corrected chi connectivity index (χ2v) is 12.9. The van der Waals surface area contributed by atoms with Crippen LogP contribution < -0.4 is 9.47 Å². The van der Waals surface area contributed by atoms with Gasteiger partial charge >= 0.3 is 0 Å². The van der Waals surface area contributed by atoms with E-state index in [-0.39, 0.29) is 30.7 Å². The van der Waals surface area contributed by atoms with Crippen molar-refractivity contribution in [2.24, 2.45) is 5.92 Å². The summed E-state index contributed by atoms with van der Waals surface area (Å²) in [6.07, 6.45) is 5.87. The molecule has 0 saturated carbocycles. The fourth-order valence-corrected chi connectivity index (χ4v) is 6.08. The highest BCUT2D eigenvalue weighted by atomic mass is 16.5. The van der Waals surface area contributed by atoms with Crippen LogP contribution in [-0.4, -0.2) is 46.5 Å². The molecule has 6 aromatic rings. The number of carbonyl (C=O) groups excluding carboxylic acids is 2. The molecule has 4 aromatic carbocycles. The Bertz CT molecular complexity index is 2200. The first kappa shape index (κ1) is 36.6.